The summed E-state index contributed by atoms with van der Waals surface area (Å²) in [6, 6.07) is 6.99. The molecule has 6 nitrogen and oxygen atoms in total. The van der Waals surface area contributed by atoms with Crippen LogP contribution in [0, 0.1) is 0 Å². The van der Waals surface area contributed by atoms with Gasteiger partial charge in [0.2, 0.25) is 0 Å². The van der Waals surface area contributed by atoms with Crippen LogP contribution in [0.15, 0.2) is 29.1 Å². The summed E-state index contributed by atoms with van der Waals surface area (Å²) in [7, 11) is 1.73. The summed E-state index contributed by atoms with van der Waals surface area (Å²) < 4.78 is 1.57. The molecule has 2 rings (SSSR count). The number of urea groups is 1. The number of carbonyl (C=O) groups excluding carboxylic acids is 1. The maximum atomic E-state index is 12.9. The zero-order chi connectivity index (χ0) is 20.5. The van der Waals surface area contributed by atoms with E-state index in [-0.39, 0.29) is 17.6 Å². The number of rotatable bonds is 10. The number of para-hydroxylation sites is 1. The van der Waals surface area contributed by atoms with Gasteiger partial charge in [0, 0.05) is 20.1 Å². The van der Waals surface area contributed by atoms with E-state index in [9.17, 15) is 9.59 Å². The van der Waals surface area contributed by atoms with Crippen molar-refractivity contribution in [3.05, 3.63) is 40.4 Å². The van der Waals surface area contributed by atoms with Crippen LogP contribution in [0.25, 0.3) is 10.9 Å². The summed E-state index contributed by atoms with van der Waals surface area (Å²) in [6.07, 6.45) is 6.34. The number of nitrogens with one attached hydrogen (secondary N) is 1. The number of hydrogen-bond donors (Lipinski definition) is 1. The zero-order valence-electron chi connectivity index (χ0n) is 17.7. The Morgan fingerprint density at radius 2 is 1.86 bits per heavy atom. The number of aromatic nitrogens is 2. The Balaban J connectivity index is 2.30. The molecule has 1 aromatic carbocycles. The first kappa shape index (κ1) is 21.9. The van der Waals surface area contributed by atoms with Gasteiger partial charge in [-0.15, -0.1) is 0 Å². The summed E-state index contributed by atoms with van der Waals surface area (Å²) in [4.78, 5) is 32.2. The van der Waals surface area contributed by atoms with Crippen LogP contribution in [0.2, 0.25) is 0 Å². The molecule has 0 bridgehead atoms. The van der Waals surface area contributed by atoms with Crippen LogP contribution in [0.4, 0.5) is 4.79 Å². The van der Waals surface area contributed by atoms with Gasteiger partial charge in [0.05, 0.1) is 16.9 Å². The summed E-state index contributed by atoms with van der Waals surface area (Å²) >= 11 is 0. The zero-order valence-corrected chi connectivity index (χ0v) is 17.7. The van der Waals surface area contributed by atoms with Crippen molar-refractivity contribution in [3.8, 4) is 0 Å². The number of benzene rings is 1. The number of carbonyl (C=O) groups is 1. The first-order valence-corrected chi connectivity index (χ1v) is 10.5. The Labute approximate surface area is 168 Å². The topological polar surface area (TPSA) is 67.2 Å². The van der Waals surface area contributed by atoms with Gasteiger partial charge in [0.15, 0.2) is 0 Å². The summed E-state index contributed by atoms with van der Waals surface area (Å²) in [5, 5.41) is 3.62. The molecule has 1 heterocycles. The molecular weight excluding hydrogens is 352 g/mol. The first-order valence-electron chi connectivity index (χ1n) is 10.5. The quantitative estimate of drug-likeness (QED) is 0.616. The maximum absolute atomic E-state index is 12.9. The molecule has 154 valence electrons. The van der Waals surface area contributed by atoms with E-state index in [0.717, 1.165) is 38.5 Å². The maximum Gasteiger partial charge on any atom is 0.318 e. The molecule has 0 radical (unpaired) electrons. The lowest BCUT2D eigenvalue weighted by atomic mass is 10.1. The highest BCUT2D eigenvalue weighted by Gasteiger charge is 2.24. The van der Waals surface area contributed by atoms with Crippen LogP contribution in [0.1, 0.15) is 71.2 Å². The third-order valence-corrected chi connectivity index (χ3v) is 5.18. The smallest absolute Gasteiger partial charge is 0.318 e. The van der Waals surface area contributed by atoms with Gasteiger partial charge < -0.3 is 10.2 Å². The Morgan fingerprint density at radius 3 is 2.57 bits per heavy atom. The van der Waals surface area contributed by atoms with Gasteiger partial charge in [-0.05, 0) is 31.9 Å². The molecule has 2 aromatic rings. The van der Waals surface area contributed by atoms with E-state index >= 15 is 0 Å². The van der Waals surface area contributed by atoms with E-state index in [1.807, 2.05) is 30.0 Å². The molecule has 28 heavy (non-hydrogen) atoms. The average Bonchev–Trinajstić information content (AvgIpc) is 2.70. The largest absolute Gasteiger partial charge is 0.338 e. The molecule has 0 aliphatic rings. The molecule has 2 amide bonds. The number of unbranched alkanes of at least 4 members (excludes halogenated alkanes) is 4. The lowest BCUT2D eigenvalue weighted by molar-refractivity contribution is 0.173. The van der Waals surface area contributed by atoms with E-state index in [4.69, 9.17) is 4.98 Å². The van der Waals surface area contributed by atoms with E-state index in [0.29, 0.717) is 29.8 Å². The molecule has 0 fully saturated rings. The van der Waals surface area contributed by atoms with Crippen molar-refractivity contribution < 1.29 is 4.79 Å². The molecule has 1 aromatic heterocycles. The van der Waals surface area contributed by atoms with Gasteiger partial charge >= 0.3 is 6.03 Å². The molecule has 1 atom stereocenters. The highest BCUT2D eigenvalue weighted by molar-refractivity contribution is 5.78. The summed E-state index contributed by atoms with van der Waals surface area (Å²) in [5.41, 5.74) is 0.592. The number of fused-ring (bicyclic) bond motifs is 1. The van der Waals surface area contributed by atoms with Crippen molar-refractivity contribution >= 4 is 16.9 Å². The van der Waals surface area contributed by atoms with Gasteiger partial charge in [0.1, 0.15) is 5.82 Å². The Morgan fingerprint density at radius 1 is 1.14 bits per heavy atom. The minimum absolute atomic E-state index is 0.0789. The minimum Gasteiger partial charge on any atom is -0.338 e. The number of nitrogens with zero attached hydrogens (tertiary/aromatic N) is 3. The normalized spacial score (nSPS) is 12.1. The van der Waals surface area contributed by atoms with E-state index in [1.54, 1.807) is 17.7 Å². The fraction of sp³-hybridized carbons (Fsp3) is 0.591. The fourth-order valence-electron chi connectivity index (χ4n) is 3.40. The van der Waals surface area contributed by atoms with Crippen molar-refractivity contribution in [1.29, 1.82) is 0 Å². The van der Waals surface area contributed by atoms with Crippen molar-refractivity contribution in [2.45, 2.75) is 65.3 Å². The monoisotopic (exact) mass is 386 g/mol. The van der Waals surface area contributed by atoms with Gasteiger partial charge in [-0.2, -0.15) is 0 Å². The fourth-order valence-corrected chi connectivity index (χ4v) is 3.40. The SMILES string of the molecule is CCCCCCN(C(=O)NCCCC)C(C)c1nc2ccccc2c(=O)n1C. The molecule has 1 N–H and O–H groups in total. The molecule has 1 unspecified atom stereocenters. The van der Waals surface area contributed by atoms with E-state index in [2.05, 4.69) is 19.2 Å². The molecule has 6 heteroatoms. The highest BCUT2D eigenvalue weighted by atomic mass is 16.2. The van der Waals surface area contributed by atoms with Crippen LogP contribution in [0.5, 0.6) is 0 Å². The van der Waals surface area contributed by atoms with Crippen LogP contribution < -0.4 is 10.9 Å². The van der Waals surface area contributed by atoms with Crippen LogP contribution in [-0.2, 0) is 7.05 Å². The lowest BCUT2D eigenvalue weighted by Crippen LogP contribution is -2.44. The van der Waals surface area contributed by atoms with Gasteiger partial charge in [-0.1, -0.05) is 51.7 Å². The first-order chi connectivity index (χ1) is 13.5. The third-order valence-electron chi connectivity index (χ3n) is 5.18. The van der Waals surface area contributed by atoms with Crippen molar-refractivity contribution in [1.82, 2.24) is 19.8 Å². The van der Waals surface area contributed by atoms with Crippen molar-refractivity contribution in [2.75, 3.05) is 13.1 Å². The third kappa shape index (κ3) is 5.33. The Bertz CT molecular complexity index is 831. The van der Waals surface area contributed by atoms with Gasteiger partial charge in [-0.25, -0.2) is 9.78 Å². The molecule has 0 saturated heterocycles. The minimum atomic E-state index is -0.287. The second-order valence-corrected chi connectivity index (χ2v) is 7.37. The molecule has 0 spiro atoms. The Kier molecular flexibility index (Phi) is 8.48. The standard InChI is InChI=1S/C22H34N4O2/c1-5-7-9-12-16-26(22(28)23-15-8-6-2)17(3)20-24-19-14-11-10-13-18(19)21(27)25(20)4/h10-11,13-14,17H,5-9,12,15-16H2,1-4H3,(H,23,28). The summed E-state index contributed by atoms with van der Waals surface area (Å²) in [6.45, 7) is 7.55. The van der Waals surface area contributed by atoms with Crippen molar-refractivity contribution in [3.63, 3.8) is 0 Å². The van der Waals surface area contributed by atoms with Crippen LogP contribution in [-0.4, -0.2) is 33.6 Å². The van der Waals surface area contributed by atoms with Crippen LogP contribution >= 0.6 is 0 Å². The molecular formula is C22H34N4O2. The molecule has 0 saturated carbocycles. The predicted molar refractivity (Wildman–Crippen MR) is 115 cm³/mol. The number of hydrogen-bond acceptors (Lipinski definition) is 3. The second-order valence-electron chi connectivity index (χ2n) is 7.37. The predicted octanol–water partition coefficient (Wildman–Crippen LogP) is 4.39. The average molecular weight is 387 g/mol. The van der Waals surface area contributed by atoms with Crippen molar-refractivity contribution in [2.24, 2.45) is 7.05 Å². The van der Waals surface area contributed by atoms with Crippen LogP contribution in [0.3, 0.4) is 0 Å². The molecule has 0 aliphatic heterocycles. The Hall–Kier alpha value is -2.37. The van der Waals surface area contributed by atoms with Gasteiger partial charge in [0.25, 0.3) is 5.56 Å². The van der Waals surface area contributed by atoms with E-state index < -0.39 is 0 Å². The van der Waals surface area contributed by atoms with Gasteiger partial charge in [-0.3, -0.25) is 9.36 Å². The summed E-state index contributed by atoms with van der Waals surface area (Å²) in [5.74, 6) is 0.616. The molecule has 0 aliphatic carbocycles. The lowest BCUT2D eigenvalue weighted by Gasteiger charge is -2.30. The number of amides is 2. The second kappa shape index (κ2) is 10.8. The highest BCUT2D eigenvalue weighted by Crippen LogP contribution is 2.20. The van der Waals surface area contributed by atoms with E-state index in [1.165, 1.54) is 0 Å².